The van der Waals surface area contributed by atoms with Gasteiger partial charge in [0.05, 0.1) is 6.10 Å². The van der Waals surface area contributed by atoms with E-state index in [1.54, 1.807) is 6.08 Å². The maximum absolute atomic E-state index is 10.6. The molecule has 1 atom stereocenters. The van der Waals surface area contributed by atoms with Gasteiger partial charge in [0, 0.05) is 6.42 Å². The van der Waals surface area contributed by atoms with E-state index in [1.807, 2.05) is 30.3 Å². The number of ether oxygens (including phenoxy) is 1. The van der Waals surface area contributed by atoms with Crippen molar-refractivity contribution in [3.8, 4) is 5.75 Å². The number of benzene rings is 1. The van der Waals surface area contributed by atoms with E-state index in [0.29, 0.717) is 19.4 Å². The maximum Gasteiger partial charge on any atom is 0.303 e. The first-order valence-electron chi connectivity index (χ1n) is 9.29. The van der Waals surface area contributed by atoms with Gasteiger partial charge in [0.15, 0.2) is 0 Å². The van der Waals surface area contributed by atoms with Crippen molar-refractivity contribution in [2.45, 2.75) is 45.1 Å². The lowest BCUT2D eigenvalue weighted by Crippen LogP contribution is -2.10. The summed E-state index contributed by atoms with van der Waals surface area (Å²) in [4.78, 5) is 10.6. The smallest absolute Gasteiger partial charge is 0.303 e. The molecule has 0 aliphatic heterocycles. The number of hydrogen-bond donors (Lipinski definition) is 2. The predicted molar refractivity (Wildman–Crippen MR) is 108 cm³/mol. The van der Waals surface area contributed by atoms with Crippen molar-refractivity contribution in [1.29, 1.82) is 0 Å². The lowest BCUT2D eigenvalue weighted by molar-refractivity contribution is -0.136. The molecule has 0 fully saturated rings. The molecule has 4 heteroatoms. The molecule has 0 saturated heterocycles. The number of carboxylic acids is 1. The Bertz CT molecular complexity index is 738. The molecule has 144 valence electrons. The third-order valence-electron chi connectivity index (χ3n) is 4.58. The molecule has 1 aromatic carbocycles. The third-order valence-corrected chi connectivity index (χ3v) is 4.58. The Morgan fingerprint density at radius 1 is 1.33 bits per heavy atom. The summed E-state index contributed by atoms with van der Waals surface area (Å²) in [6.45, 7) is 6.28. The molecule has 1 aliphatic rings. The van der Waals surface area contributed by atoms with Gasteiger partial charge >= 0.3 is 5.97 Å². The summed E-state index contributed by atoms with van der Waals surface area (Å²) in [5.74, 6) is -0.0469. The fourth-order valence-electron chi connectivity index (χ4n) is 3.01. The van der Waals surface area contributed by atoms with E-state index in [-0.39, 0.29) is 12.5 Å². The highest BCUT2D eigenvalue weighted by Crippen LogP contribution is 2.25. The zero-order valence-corrected chi connectivity index (χ0v) is 15.9. The van der Waals surface area contributed by atoms with Gasteiger partial charge in [-0.15, -0.1) is 0 Å². The van der Waals surface area contributed by atoms with E-state index in [0.717, 1.165) is 29.7 Å². The van der Waals surface area contributed by atoms with Gasteiger partial charge in [-0.2, -0.15) is 0 Å². The van der Waals surface area contributed by atoms with Gasteiger partial charge in [-0.3, -0.25) is 4.79 Å². The van der Waals surface area contributed by atoms with Crippen LogP contribution in [0.3, 0.4) is 0 Å². The number of aryl methyl sites for hydroxylation is 1. The minimum Gasteiger partial charge on any atom is -0.489 e. The number of aliphatic carboxylic acids is 1. The maximum atomic E-state index is 10.6. The molecule has 0 saturated carbocycles. The molecule has 1 unspecified atom stereocenters. The molecule has 0 spiro atoms. The molecule has 2 N–H and O–H groups in total. The first-order valence-corrected chi connectivity index (χ1v) is 9.29. The van der Waals surface area contributed by atoms with Gasteiger partial charge in [0.25, 0.3) is 0 Å². The monoisotopic (exact) mass is 368 g/mol. The van der Waals surface area contributed by atoms with Crippen molar-refractivity contribution in [2.24, 2.45) is 0 Å². The average Bonchev–Trinajstić information content (AvgIpc) is 2.66. The molecule has 0 amide bonds. The zero-order chi connectivity index (χ0) is 19.6. The highest BCUT2D eigenvalue weighted by molar-refractivity contribution is 5.67. The molecule has 4 nitrogen and oxygen atoms in total. The molecule has 27 heavy (non-hydrogen) atoms. The summed E-state index contributed by atoms with van der Waals surface area (Å²) in [7, 11) is 0. The lowest BCUT2D eigenvalue weighted by atomic mass is 9.92. The SMILES string of the molecule is C=C/C=C(\C=C(/C)C1=CCC(O)CC1)COc1ccc(CCC(=O)O)cc1. The number of rotatable bonds is 9. The molecule has 0 bridgehead atoms. The first-order chi connectivity index (χ1) is 13.0. The zero-order valence-electron chi connectivity index (χ0n) is 15.9. The van der Waals surface area contributed by atoms with Crippen LogP contribution in [-0.4, -0.2) is 28.9 Å². The second-order valence-corrected chi connectivity index (χ2v) is 6.79. The highest BCUT2D eigenvalue weighted by Gasteiger charge is 2.12. The minimum atomic E-state index is -0.792. The van der Waals surface area contributed by atoms with E-state index in [1.165, 1.54) is 11.1 Å². The molecule has 0 heterocycles. The molecular formula is C23H28O4. The van der Waals surface area contributed by atoms with Crippen molar-refractivity contribution in [3.63, 3.8) is 0 Å². The molecular weight excluding hydrogens is 340 g/mol. The topological polar surface area (TPSA) is 66.8 Å². The normalized spacial score (nSPS) is 18.0. The van der Waals surface area contributed by atoms with Crippen molar-refractivity contribution in [2.75, 3.05) is 6.61 Å². The number of aliphatic hydroxyl groups is 1. The first kappa shape index (κ1) is 20.7. The van der Waals surface area contributed by atoms with Gasteiger partial charge in [-0.05, 0) is 67.0 Å². The van der Waals surface area contributed by atoms with Gasteiger partial charge in [0.1, 0.15) is 12.4 Å². The standard InChI is InChI=1S/C23H28O4/c1-3-4-19(15-17(2)20-8-10-21(24)11-9-20)16-27-22-12-5-18(6-13-22)7-14-23(25)26/h3-6,8,12-13,15,21,24H,1,7,9-11,14,16H2,2H3,(H,25,26)/b17-15+,19-4+. The predicted octanol–water partition coefficient (Wildman–Crippen LogP) is 4.61. The van der Waals surface area contributed by atoms with Gasteiger partial charge in [0.2, 0.25) is 0 Å². The second kappa shape index (κ2) is 10.5. The van der Waals surface area contributed by atoms with Crippen molar-refractivity contribution in [1.82, 2.24) is 0 Å². The van der Waals surface area contributed by atoms with Crippen LogP contribution in [0.5, 0.6) is 5.75 Å². The summed E-state index contributed by atoms with van der Waals surface area (Å²) in [5, 5.41) is 18.4. The Labute approximate surface area is 161 Å². The van der Waals surface area contributed by atoms with Gasteiger partial charge in [-0.1, -0.05) is 43.0 Å². The fourth-order valence-corrected chi connectivity index (χ4v) is 3.01. The minimum absolute atomic E-state index is 0.128. The van der Waals surface area contributed by atoms with Crippen molar-refractivity contribution < 1.29 is 19.7 Å². The fraction of sp³-hybridized carbons (Fsp3) is 0.348. The highest BCUT2D eigenvalue weighted by atomic mass is 16.5. The summed E-state index contributed by atoms with van der Waals surface area (Å²) < 4.78 is 5.87. The van der Waals surface area contributed by atoms with E-state index in [4.69, 9.17) is 9.84 Å². The largest absolute Gasteiger partial charge is 0.489 e. The molecule has 0 radical (unpaired) electrons. The quantitative estimate of drug-likeness (QED) is 0.625. The lowest BCUT2D eigenvalue weighted by Gasteiger charge is -2.18. The van der Waals surface area contributed by atoms with Crippen molar-refractivity contribution in [3.05, 3.63) is 77.4 Å². The van der Waals surface area contributed by atoms with E-state index in [2.05, 4.69) is 25.7 Å². The number of carbonyl (C=O) groups is 1. The van der Waals surface area contributed by atoms with Crippen LogP contribution >= 0.6 is 0 Å². The Kier molecular flexibility index (Phi) is 8.08. The number of carboxylic acid groups (broad SMARTS) is 1. The Balaban J connectivity index is 1.96. The van der Waals surface area contributed by atoms with Crippen molar-refractivity contribution >= 4 is 5.97 Å². The van der Waals surface area contributed by atoms with Crippen LogP contribution in [0.4, 0.5) is 0 Å². The van der Waals surface area contributed by atoms with Crippen LogP contribution in [0.25, 0.3) is 0 Å². The van der Waals surface area contributed by atoms with Crippen LogP contribution < -0.4 is 4.74 Å². The number of allylic oxidation sites excluding steroid dienone is 4. The third kappa shape index (κ3) is 7.27. The Morgan fingerprint density at radius 3 is 2.67 bits per heavy atom. The van der Waals surface area contributed by atoms with Crippen LogP contribution in [0.2, 0.25) is 0 Å². The van der Waals surface area contributed by atoms with Gasteiger partial charge in [-0.25, -0.2) is 0 Å². The average molecular weight is 368 g/mol. The molecule has 1 aliphatic carbocycles. The summed E-state index contributed by atoms with van der Waals surface area (Å²) >= 11 is 0. The number of aliphatic hydroxyl groups excluding tert-OH is 1. The van der Waals surface area contributed by atoms with Crippen LogP contribution in [0, 0.1) is 0 Å². The molecule has 1 aromatic rings. The summed E-state index contributed by atoms with van der Waals surface area (Å²) in [5.41, 5.74) is 4.46. The van der Waals surface area contributed by atoms with Crippen LogP contribution in [-0.2, 0) is 11.2 Å². The van der Waals surface area contributed by atoms with E-state index in [9.17, 15) is 9.90 Å². The Hall–Kier alpha value is -2.59. The van der Waals surface area contributed by atoms with Crippen LogP contribution in [0.1, 0.15) is 38.2 Å². The Morgan fingerprint density at radius 2 is 2.07 bits per heavy atom. The molecule has 0 aromatic heterocycles. The van der Waals surface area contributed by atoms with E-state index < -0.39 is 5.97 Å². The van der Waals surface area contributed by atoms with Crippen LogP contribution in [0.15, 0.2) is 71.9 Å². The number of hydrogen-bond acceptors (Lipinski definition) is 3. The summed E-state index contributed by atoms with van der Waals surface area (Å²) in [6, 6.07) is 7.53. The van der Waals surface area contributed by atoms with E-state index >= 15 is 0 Å². The molecule has 2 rings (SSSR count). The summed E-state index contributed by atoms with van der Waals surface area (Å²) in [6.07, 6.45) is 10.7. The second-order valence-electron chi connectivity index (χ2n) is 6.79. The van der Waals surface area contributed by atoms with Gasteiger partial charge < -0.3 is 14.9 Å².